The molecule has 0 aliphatic carbocycles. The summed E-state index contributed by atoms with van der Waals surface area (Å²) in [5.74, 6) is -0.402. The molecule has 0 unspecified atom stereocenters. The summed E-state index contributed by atoms with van der Waals surface area (Å²) in [5.41, 5.74) is 0.733. The van der Waals surface area contributed by atoms with Crippen LogP contribution in [0.5, 0.6) is 0 Å². The number of sulfonamides is 1. The number of anilines is 1. The molecule has 2 N–H and O–H groups in total. The largest absolute Gasteiger partial charge is 0.326 e. The van der Waals surface area contributed by atoms with E-state index in [0.717, 1.165) is 24.3 Å². The summed E-state index contributed by atoms with van der Waals surface area (Å²) in [5, 5.41) is 21.9. The van der Waals surface area contributed by atoms with E-state index in [2.05, 4.69) is 10.0 Å². The lowest BCUT2D eigenvalue weighted by Crippen LogP contribution is -2.27. The first kappa shape index (κ1) is 19.0. The number of nitro groups is 1. The van der Waals surface area contributed by atoms with Gasteiger partial charge in [-0.2, -0.15) is 5.26 Å². The van der Waals surface area contributed by atoms with Crippen molar-refractivity contribution in [3.63, 3.8) is 0 Å². The van der Waals surface area contributed by atoms with Crippen LogP contribution in [0.15, 0.2) is 53.4 Å². The molecule has 0 aliphatic heterocycles. The van der Waals surface area contributed by atoms with Crippen molar-refractivity contribution in [2.24, 2.45) is 0 Å². The van der Waals surface area contributed by atoms with Gasteiger partial charge in [0.25, 0.3) is 5.69 Å². The summed E-state index contributed by atoms with van der Waals surface area (Å²) in [6.45, 7) is -0.137. The highest BCUT2D eigenvalue weighted by atomic mass is 32.2. The maximum absolute atomic E-state index is 12.1. The van der Waals surface area contributed by atoms with E-state index >= 15 is 0 Å². The number of nitriles is 1. The second kappa shape index (κ2) is 8.19. The van der Waals surface area contributed by atoms with Crippen molar-refractivity contribution in [3.8, 4) is 6.07 Å². The van der Waals surface area contributed by atoms with E-state index in [-0.39, 0.29) is 23.5 Å². The Morgan fingerprint density at radius 2 is 1.73 bits per heavy atom. The van der Waals surface area contributed by atoms with Gasteiger partial charge in [0.2, 0.25) is 15.9 Å². The van der Waals surface area contributed by atoms with Crippen molar-refractivity contribution >= 4 is 27.3 Å². The first-order valence-corrected chi connectivity index (χ1v) is 8.84. The molecule has 134 valence electrons. The number of hydrogen-bond acceptors (Lipinski definition) is 6. The molecule has 0 aliphatic rings. The Morgan fingerprint density at radius 1 is 1.12 bits per heavy atom. The molecule has 0 aromatic heterocycles. The number of nitrogens with zero attached hydrogens (tertiary/aromatic N) is 2. The van der Waals surface area contributed by atoms with Gasteiger partial charge < -0.3 is 5.32 Å². The molecule has 0 fully saturated rings. The molecule has 0 radical (unpaired) electrons. The van der Waals surface area contributed by atoms with Gasteiger partial charge in [-0.15, -0.1) is 0 Å². The van der Waals surface area contributed by atoms with Crippen molar-refractivity contribution in [2.45, 2.75) is 11.3 Å². The summed E-state index contributed by atoms with van der Waals surface area (Å²) in [7, 11) is -3.87. The van der Waals surface area contributed by atoms with Gasteiger partial charge >= 0.3 is 0 Å². The van der Waals surface area contributed by atoms with Gasteiger partial charge in [0.05, 0.1) is 21.5 Å². The maximum Gasteiger partial charge on any atom is 0.269 e. The molecule has 0 bridgehead atoms. The number of carbonyl (C=O) groups is 1. The number of nitro benzene ring substituents is 1. The Morgan fingerprint density at radius 3 is 2.27 bits per heavy atom. The maximum atomic E-state index is 12.1. The van der Waals surface area contributed by atoms with Gasteiger partial charge in [-0.3, -0.25) is 14.9 Å². The third-order valence-corrected chi connectivity index (χ3v) is 4.78. The zero-order valence-corrected chi connectivity index (χ0v) is 14.2. The van der Waals surface area contributed by atoms with Crippen molar-refractivity contribution in [3.05, 3.63) is 64.2 Å². The van der Waals surface area contributed by atoms with E-state index in [1.54, 1.807) is 24.3 Å². The van der Waals surface area contributed by atoms with Crippen LogP contribution in [0.2, 0.25) is 0 Å². The van der Waals surface area contributed by atoms with E-state index in [1.807, 2.05) is 6.07 Å². The van der Waals surface area contributed by atoms with Gasteiger partial charge in [-0.1, -0.05) is 0 Å². The van der Waals surface area contributed by atoms with Crippen molar-refractivity contribution in [2.75, 3.05) is 11.9 Å². The first-order chi connectivity index (χ1) is 12.3. The molecular weight excluding hydrogens is 360 g/mol. The normalized spacial score (nSPS) is 10.7. The van der Waals surface area contributed by atoms with E-state index in [9.17, 15) is 23.3 Å². The molecule has 0 saturated heterocycles. The monoisotopic (exact) mass is 374 g/mol. The molecule has 0 heterocycles. The Hall–Kier alpha value is -3.29. The number of benzene rings is 2. The molecule has 26 heavy (non-hydrogen) atoms. The van der Waals surface area contributed by atoms with Crippen LogP contribution in [-0.4, -0.2) is 25.8 Å². The number of non-ortho nitro benzene ring substituents is 1. The zero-order valence-electron chi connectivity index (χ0n) is 13.4. The van der Waals surface area contributed by atoms with Crippen molar-refractivity contribution in [1.29, 1.82) is 5.26 Å². The van der Waals surface area contributed by atoms with Crippen molar-refractivity contribution < 1.29 is 18.1 Å². The summed E-state index contributed by atoms with van der Waals surface area (Å²) >= 11 is 0. The SMILES string of the molecule is N#Cc1ccc(NC(=O)CCNS(=O)(=O)c2ccc([N+](=O)[O-])cc2)cc1. The number of carbonyl (C=O) groups excluding carboxylic acids is 1. The minimum atomic E-state index is -3.87. The fraction of sp³-hybridized carbons (Fsp3) is 0.125. The standard InChI is InChI=1S/C16H14N4O5S/c17-11-12-1-3-13(4-2-12)19-16(21)9-10-18-26(24,25)15-7-5-14(6-8-15)20(22)23/h1-8,18H,9-10H2,(H,19,21). The second-order valence-corrected chi connectivity index (χ2v) is 6.90. The fourth-order valence-corrected chi connectivity index (χ4v) is 3.01. The predicted octanol–water partition coefficient (Wildman–Crippen LogP) is 1.77. The minimum Gasteiger partial charge on any atom is -0.326 e. The minimum absolute atomic E-state index is 0.105. The van der Waals surface area contributed by atoms with Crippen LogP contribution in [0, 0.1) is 21.4 Å². The number of amides is 1. The van der Waals surface area contributed by atoms with Gasteiger partial charge in [-0.25, -0.2) is 13.1 Å². The van der Waals surface area contributed by atoms with Crippen LogP contribution in [0.3, 0.4) is 0 Å². The van der Waals surface area contributed by atoms with Crippen LogP contribution in [0.1, 0.15) is 12.0 Å². The second-order valence-electron chi connectivity index (χ2n) is 5.14. The third kappa shape index (κ3) is 5.10. The zero-order chi connectivity index (χ0) is 19.2. The average molecular weight is 374 g/mol. The average Bonchev–Trinajstić information content (AvgIpc) is 2.62. The fourth-order valence-electron chi connectivity index (χ4n) is 1.98. The van der Waals surface area contributed by atoms with Gasteiger partial charge in [0.1, 0.15) is 0 Å². The predicted molar refractivity (Wildman–Crippen MR) is 92.7 cm³/mol. The molecule has 1 amide bonds. The highest BCUT2D eigenvalue weighted by Crippen LogP contribution is 2.15. The summed E-state index contributed by atoms with van der Waals surface area (Å²) in [6, 6.07) is 12.6. The van der Waals surface area contributed by atoms with Gasteiger partial charge in [0.15, 0.2) is 0 Å². The molecule has 0 spiro atoms. The Labute approximate surface area is 149 Å². The summed E-state index contributed by atoms with van der Waals surface area (Å²) < 4.78 is 26.4. The Bertz CT molecular complexity index is 948. The van der Waals surface area contributed by atoms with E-state index in [1.165, 1.54) is 0 Å². The molecule has 2 aromatic carbocycles. The molecular formula is C16H14N4O5S. The molecule has 0 atom stereocenters. The Kier molecular flexibility index (Phi) is 6.00. The number of nitrogens with one attached hydrogen (secondary N) is 2. The van der Waals surface area contributed by atoms with Crippen LogP contribution < -0.4 is 10.0 Å². The smallest absolute Gasteiger partial charge is 0.269 e. The lowest BCUT2D eigenvalue weighted by Gasteiger charge is -2.08. The van der Waals surface area contributed by atoms with Crippen LogP contribution in [0.25, 0.3) is 0 Å². The van der Waals surface area contributed by atoms with Crippen molar-refractivity contribution in [1.82, 2.24) is 4.72 Å². The van der Waals surface area contributed by atoms with E-state index in [4.69, 9.17) is 5.26 Å². The number of rotatable bonds is 7. The van der Waals surface area contributed by atoms with Gasteiger partial charge in [0, 0.05) is 30.8 Å². The quantitative estimate of drug-likeness (QED) is 0.558. The molecule has 2 rings (SSSR count). The molecule has 10 heteroatoms. The topological polar surface area (TPSA) is 142 Å². The first-order valence-electron chi connectivity index (χ1n) is 7.36. The van der Waals surface area contributed by atoms with E-state index < -0.39 is 20.9 Å². The van der Waals surface area contributed by atoms with Crippen LogP contribution in [-0.2, 0) is 14.8 Å². The van der Waals surface area contributed by atoms with Crippen LogP contribution >= 0.6 is 0 Å². The summed E-state index contributed by atoms with van der Waals surface area (Å²) in [6.07, 6.45) is -0.105. The third-order valence-electron chi connectivity index (χ3n) is 3.30. The summed E-state index contributed by atoms with van der Waals surface area (Å²) in [4.78, 5) is 21.6. The molecule has 0 saturated carbocycles. The molecule has 2 aromatic rings. The van der Waals surface area contributed by atoms with Gasteiger partial charge in [-0.05, 0) is 36.4 Å². The van der Waals surface area contributed by atoms with E-state index in [0.29, 0.717) is 11.3 Å². The lowest BCUT2D eigenvalue weighted by molar-refractivity contribution is -0.384. The van der Waals surface area contributed by atoms with Crippen LogP contribution in [0.4, 0.5) is 11.4 Å². The number of hydrogen-bond donors (Lipinski definition) is 2. The highest BCUT2D eigenvalue weighted by Gasteiger charge is 2.16. The lowest BCUT2D eigenvalue weighted by atomic mass is 10.2. The Balaban J connectivity index is 1.88. The molecule has 9 nitrogen and oxygen atoms in total. The highest BCUT2D eigenvalue weighted by molar-refractivity contribution is 7.89.